The Morgan fingerprint density at radius 1 is 1.40 bits per heavy atom. The molecule has 1 aromatic rings. The Labute approximate surface area is 147 Å². The van der Waals surface area contributed by atoms with E-state index in [1.54, 1.807) is 6.07 Å². The summed E-state index contributed by atoms with van der Waals surface area (Å²) in [6, 6.07) is 7.59. The molecule has 0 radical (unpaired) electrons. The molecule has 130 valence electrons. The van der Waals surface area contributed by atoms with Gasteiger partial charge in [-0.05, 0) is 31.4 Å². The summed E-state index contributed by atoms with van der Waals surface area (Å²) in [4.78, 5) is 18.9. The van der Waals surface area contributed by atoms with Crippen molar-refractivity contribution in [3.05, 3.63) is 36.0 Å². The predicted molar refractivity (Wildman–Crippen MR) is 92.7 cm³/mol. The third kappa shape index (κ3) is 3.24. The number of nitrogens with one attached hydrogen (secondary N) is 1. The molecule has 1 N–H and O–H groups in total. The van der Waals surface area contributed by atoms with Gasteiger partial charge in [-0.1, -0.05) is 18.2 Å². The SMILES string of the molecule is N#Cc1cccc(N[C@@H]2CO[C@]3(CCN(C(=O)C4CC=CC4)C3)C2)n1. The molecule has 0 saturated carbocycles. The Hall–Kier alpha value is -2.39. The monoisotopic (exact) mass is 338 g/mol. The molecule has 1 amide bonds. The van der Waals surface area contributed by atoms with Crippen molar-refractivity contribution in [3.63, 3.8) is 0 Å². The number of rotatable bonds is 3. The van der Waals surface area contributed by atoms with Gasteiger partial charge in [-0.2, -0.15) is 5.26 Å². The van der Waals surface area contributed by atoms with Crippen LogP contribution in [0.25, 0.3) is 0 Å². The number of carbonyl (C=O) groups is 1. The maximum absolute atomic E-state index is 12.6. The van der Waals surface area contributed by atoms with E-state index in [1.807, 2.05) is 17.0 Å². The first kappa shape index (κ1) is 16.1. The van der Waals surface area contributed by atoms with Gasteiger partial charge in [0.25, 0.3) is 0 Å². The normalized spacial score (nSPS) is 28.6. The van der Waals surface area contributed by atoms with Crippen LogP contribution >= 0.6 is 0 Å². The van der Waals surface area contributed by atoms with Crippen molar-refractivity contribution in [2.24, 2.45) is 5.92 Å². The zero-order valence-electron chi connectivity index (χ0n) is 14.1. The quantitative estimate of drug-likeness (QED) is 0.854. The van der Waals surface area contributed by atoms with E-state index in [0.29, 0.717) is 24.7 Å². The summed E-state index contributed by atoms with van der Waals surface area (Å²) < 4.78 is 6.12. The minimum atomic E-state index is -0.230. The van der Waals surface area contributed by atoms with Crippen LogP contribution in [0.5, 0.6) is 0 Å². The number of carbonyl (C=O) groups excluding carboxylic acids is 1. The predicted octanol–water partition coefficient (Wildman–Crippen LogP) is 2.09. The van der Waals surface area contributed by atoms with Crippen LogP contribution in [0.1, 0.15) is 31.4 Å². The largest absolute Gasteiger partial charge is 0.371 e. The fourth-order valence-corrected chi connectivity index (χ4v) is 4.12. The van der Waals surface area contributed by atoms with E-state index in [1.165, 1.54) is 0 Å². The highest BCUT2D eigenvalue weighted by molar-refractivity contribution is 5.80. The van der Waals surface area contributed by atoms with Crippen LogP contribution in [0.2, 0.25) is 0 Å². The van der Waals surface area contributed by atoms with Gasteiger partial charge in [0.1, 0.15) is 17.6 Å². The smallest absolute Gasteiger partial charge is 0.226 e. The van der Waals surface area contributed by atoms with Gasteiger partial charge < -0.3 is 15.0 Å². The molecule has 4 rings (SSSR count). The zero-order valence-corrected chi connectivity index (χ0v) is 14.1. The lowest BCUT2D eigenvalue weighted by Crippen LogP contribution is -2.38. The molecule has 25 heavy (non-hydrogen) atoms. The maximum atomic E-state index is 12.6. The second kappa shape index (κ2) is 6.49. The van der Waals surface area contributed by atoms with Crippen molar-refractivity contribution in [3.8, 4) is 6.07 Å². The average molecular weight is 338 g/mol. The lowest BCUT2D eigenvalue weighted by Gasteiger charge is -2.25. The fourth-order valence-electron chi connectivity index (χ4n) is 4.12. The molecule has 2 atom stereocenters. The van der Waals surface area contributed by atoms with Crippen molar-refractivity contribution in [2.75, 3.05) is 25.0 Å². The molecule has 0 bridgehead atoms. The average Bonchev–Trinajstić information content (AvgIpc) is 3.37. The molecule has 2 aliphatic heterocycles. The number of pyridine rings is 1. The highest BCUT2D eigenvalue weighted by atomic mass is 16.5. The molecule has 3 aliphatic rings. The second-order valence-corrected chi connectivity index (χ2v) is 7.21. The summed E-state index contributed by atoms with van der Waals surface area (Å²) in [5, 5.41) is 12.3. The van der Waals surface area contributed by atoms with Crippen LogP contribution in [0.15, 0.2) is 30.4 Å². The molecule has 1 aromatic heterocycles. The highest BCUT2D eigenvalue weighted by Crippen LogP contribution is 2.37. The molecule has 2 saturated heterocycles. The first-order valence-electron chi connectivity index (χ1n) is 8.89. The Kier molecular flexibility index (Phi) is 4.18. The summed E-state index contributed by atoms with van der Waals surface area (Å²) in [5.41, 5.74) is 0.174. The van der Waals surface area contributed by atoms with Gasteiger partial charge in [-0.3, -0.25) is 4.79 Å². The van der Waals surface area contributed by atoms with Crippen molar-refractivity contribution in [2.45, 2.75) is 37.3 Å². The van der Waals surface area contributed by atoms with Crippen molar-refractivity contribution in [1.82, 2.24) is 9.88 Å². The number of anilines is 1. The van der Waals surface area contributed by atoms with Gasteiger partial charge in [0.2, 0.25) is 5.91 Å². The van der Waals surface area contributed by atoms with E-state index < -0.39 is 0 Å². The Balaban J connectivity index is 1.35. The maximum Gasteiger partial charge on any atom is 0.226 e. The van der Waals surface area contributed by atoms with Gasteiger partial charge in [0.05, 0.1) is 18.2 Å². The Morgan fingerprint density at radius 2 is 2.24 bits per heavy atom. The third-order valence-corrected chi connectivity index (χ3v) is 5.41. The number of allylic oxidation sites excluding steroid dienone is 2. The van der Waals surface area contributed by atoms with Crippen LogP contribution in [0.3, 0.4) is 0 Å². The van der Waals surface area contributed by atoms with E-state index in [2.05, 4.69) is 28.5 Å². The summed E-state index contributed by atoms with van der Waals surface area (Å²) in [6.45, 7) is 2.07. The van der Waals surface area contributed by atoms with Crippen molar-refractivity contribution in [1.29, 1.82) is 5.26 Å². The Morgan fingerprint density at radius 3 is 3.04 bits per heavy atom. The van der Waals surface area contributed by atoms with E-state index >= 15 is 0 Å². The third-order valence-electron chi connectivity index (χ3n) is 5.41. The van der Waals surface area contributed by atoms with Gasteiger partial charge in [0.15, 0.2) is 0 Å². The minimum Gasteiger partial charge on any atom is -0.371 e. The van der Waals surface area contributed by atoms with Gasteiger partial charge in [-0.25, -0.2) is 4.98 Å². The zero-order chi connectivity index (χ0) is 17.3. The first-order chi connectivity index (χ1) is 12.2. The van der Waals surface area contributed by atoms with E-state index in [9.17, 15) is 4.79 Å². The Bertz CT molecular complexity index is 733. The topological polar surface area (TPSA) is 78.2 Å². The lowest BCUT2D eigenvalue weighted by atomic mass is 9.97. The molecular formula is C19H22N4O2. The number of ether oxygens (including phenoxy) is 1. The van der Waals surface area contributed by atoms with E-state index in [-0.39, 0.29) is 23.5 Å². The van der Waals surface area contributed by atoms with Crippen LogP contribution < -0.4 is 5.32 Å². The van der Waals surface area contributed by atoms with Gasteiger partial charge >= 0.3 is 0 Å². The first-order valence-corrected chi connectivity index (χ1v) is 8.89. The summed E-state index contributed by atoms with van der Waals surface area (Å²) in [7, 11) is 0. The number of nitriles is 1. The minimum absolute atomic E-state index is 0.128. The summed E-state index contributed by atoms with van der Waals surface area (Å²) in [6.07, 6.45) is 7.69. The standard InChI is InChI=1S/C19H22N4O2/c20-11-15-6-3-7-17(21-15)22-16-10-19(25-12-16)8-9-23(13-19)18(24)14-4-1-2-5-14/h1-3,6-7,14,16H,4-5,8-10,12-13H2,(H,21,22)/t16-,19+/m0/s1. The van der Waals surface area contributed by atoms with Crippen molar-refractivity contribution >= 4 is 11.7 Å². The summed E-state index contributed by atoms with van der Waals surface area (Å²) >= 11 is 0. The summed E-state index contributed by atoms with van der Waals surface area (Å²) in [5.74, 6) is 1.10. The van der Waals surface area contributed by atoms with Crippen molar-refractivity contribution < 1.29 is 9.53 Å². The fraction of sp³-hybridized carbons (Fsp3) is 0.526. The number of amides is 1. The van der Waals surface area contributed by atoms with E-state index in [0.717, 1.165) is 32.2 Å². The lowest BCUT2D eigenvalue weighted by molar-refractivity contribution is -0.135. The highest BCUT2D eigenvalue weighted by Gasteiger charge is 2.47. The number of aromatic nitrogens is 1. The van der Waals surface area contributed by atoms with Crippen LogP contribution in [0, 0.1) is 17.2 Å². The molecule has 2 fully saturated rings. The van der Waals surface area contributed by atoms with Crippen LogP contribution in [-0.4, -0.2) is 47.1 Å². The van der Waals surface area contributed by atoms with Crippen LogP contribution in [0.4, 0.5) is 5.82 Å². The molecule has 1 spiro atoms. The molecule has 0 unspecified atom stereocenters. The van der Waals surface area contributed by atoms with Gasteiger partial charge in [-0.15, -0.1) is 0 Å². The van der Waals surface area contributed by atoms with Gasteiger partial charge in [0, 0.05) is 25.4 Å². The molecule has 6 heteroatoms. The molecule has 6 nitrogen and oxygen atoms in total. The molecular weight excluding hydrogens is 316 g/mol. The number of likely N-dealkylation sites (tertiary alicyclic amines) is 1. The van der Waals surface area contributed by atoms with E-state index in [4.69, 9.17) is 10.00 Å². The second-order valence-electron chi connectivity index (χ2n) is 7.21. The van der Waals surface area contributed by atoms with Crippen LogP contribution in [-0.2, 0) is 9.53 Å². The number of hydrogen-bond acceptors (Lipinski definition) is 5. The molecule has 1 aliphatic carbocycles. The number of hydrogen-bond donors (Lipinski definition) is 1. The number of nitrogens with zero attached hydrogens (tertiary/aromatic N) is 3. The molecule has 3 heterocycles. The molecule has 0 aromatic carbocycles.